The average molecular weight is 334 g/mol. The molecule has 3 heteroatoms. The maximum atomic E-state index is 4.66. The SMILES string of the molecule is CN(C)C1(c2ccccn2)CC=C(c2csc3ccccc23)CC1. The first-order valence-corrected chi connectivity index (χ1v) is 9.33. The first-order chi connectivity index (χ1) is 11.7. The second kappa shape index (κ2) is 6.15. The summed E-state index contributed by atoms with van der Waals surface area (Å²) in [7, 11) is 4.35. The third-order valence-corrected chi connectivity index (χ3v) is 6.28. The summed E-state index contributed by atoms with van der Waals surface area (Å²) >= 11 is 1.85. The first-order valence-electron chi connectivity index (χ1n) is 8.45. The third-order valence-electron chi connectivity index (χ3n) is 5.32. The van der Waals surface area contributed by atoms with E-state index in [1.165, 1.54) is 26.9 Å². The molecule has 1 atom stereocenters. The second-order valence-corrected chi connectivity index (χ2v) is 7.63. The van der Waals surface area contributed by atoms with Gasteiger partial charge in [-0.25, -0.2) is 0 Å². The highest BCUT2D eigenvalue weighted by Gasteiger charge is 2.37. The van der Waals surface area contributed by atoms with E-state index in [0.29, 0.717) is 0 Å². The van der Waals surface area contributed by atoms with Crippen LogP contribution in [-0.2, 0) is 5.54 Å². The van der Waals surface area contributed by atoms with E-state index in [9.17, 15) is 0 Å². The van der Waals surface area contributed by atoms with Gasteiger partial charge in [0, 0.05) is 10.9 Å². The van der Waals surface area contributed by atoms with E-state index in [-0.39, 0.29) is 5.54 Å². The number of nitrogens with zero attached hydrogens (tertiary/aromatic N) is 2. The number of hydrogen-bond acceptors (Lipinski definition) is 3. The lowest BCUT2D eigenvalue weighted by atomic mass is 9.77. The minimum Gasteiger partial charge on any atom is -0.298 e. The fourth-order valence-corrected chi connectivity index (χ4v) is 4.80. The lowest BCUT2D eigenvalue weighted by Crippen LogP contribution is -2.43. The van der Waals surface area contributed by atoms with E-state index in [0.717, 1.165) is 19.3 Å². The summed E-state index contributed by atoms with van der Waals surface area (Å²) < 4.78 is 1.38. The summed E-state index contributed by atoms with van der Waals surface area (Å²) in [6, 6.07) is 15.0. The van der Waals surface area contributed by atoms with Crippen LogP contribution in [0.3, 0.4) is 0 Å². The molecular formula is C21H22N2S. The van der Waals surface area contributed by atoms with Gasteiger partial charge in [-0.3, -0.25) is 9.88 Å². The molecule has 3 aromatic rings. The average Bonchev–Trinajstić information content (AvgIpc) is 3.06. The van der Waals surface area contributed by atoms with Crippen molar-refractivity contribution in [3.8, 4) is 0 Å². The molecule has 0 saturated heterocycles. The van der Waals surface area contributed by atoms with Crippen molar-refractivity contribution in [3.05, 3.63) is 71.4 Å². The molecule has 122 valence electrons. The number of aromatic nitrogens is 1. The molecule has 0 saturated carbocycles. The predicted molar refractivity (Wildman–Crippen MR) is 103 cm³/mol. The van der Waals surface area contributed by atoms with Gasteiger partial charge in [0.05, 0.1) is 11.2 Å². The van der Waals surface area contributed by atoms with E-state index >= 15 is 0 Å². The quantitative estimate of drug-likeness (QED) is 0.644. The van der Waals surface area contributed by atoms with Crippen LogP contribution in [0.1, 0.15) is 30.5 Å². The summed E-state index contributed by atoms with van der Waals surface area (Å²) in [6.07, 6.45) is 7.55. The zero-order chi connectivity index (χ0) is 16.6. The van der Waals surface area contributed by atoms with Gasteiger partial charge in [0.25, 0.3) is 0 Å². The van der Waals surface area contributed by atoms with E-state index in [4.69, 9.17) is 0 Å². The summed E-state index contributed by atoms with van der Waals surface area (Å²) in [5, 5.41) is 3.71. The Bertz CT molecular complexity index is 879. The van der Waals surface area contributed by atoms with Crippen LogP contribution in [0.5, 0.6) is 0 Å². The molecule has 1 aliphatic carbocycles. The molecule has 0 N–H and O–H groups in total. The molecule has 0 radical (unpaired) electrons. The number of hydrogen-bond donors (Lipinski definition) is 0. The largest absolute Gasteiger partial charge is 0.298 e. The highest BCUT2D eigenvalue weighted by atomic mass is 32.1. The third kappa shape index (κ3) is 2.48. The minimum atomic E-state index is 0.0105. The summed E-state index contributed by atoms with van der Waals surface area (Å²) in [4.78, 5) is 7.01. The van der Waals surface area contributed by atoms with Crippen LogP contribution in [0.4, 0.5) is 0 Å². The smallest absolute Gasteiger partial charge is 0.0666 e. The van der Waals surface area contributed by atoms with Gasteiger partial charge < -0.3 is 0 Å². The van der Waals surface area contributed by atoms with Crippen LogP contribution in [0.15, 0.2) is 60.1 Å². The Balaban J connectivity index is 1.71. The minimum absolute atomic E-state index is 0.0105. The van der Waals surface area contributed by atoms with Crippen molar-refractivity contribution in [3.63, 3.8) is 0 Å². The molecule has 0 bridgehead atoms. The van der Waals surface area contributed by atoms with Gasteiger partial charge in [0.1, 0.15) is 0 Å². The van der Waals surface area contributed by atoms with Crippen LogP contribution in [0.2, 0.25) is 0 Å². The Kier molecular flexibility index (Phi) is 3.99. The molecule has 0 aliphatic heterocycles. The zero-order valence-corrected chi connectivity index (χ0v) is 15.0. The van der Waals surface area contributed by atoms with Crippen LogP contribution >= 0.6 is 11.3 Å². The molecule has 24 heavy (non-hydrogen) atoms. The molecule has 4 rings (SSSR count). The molecule has 0 spiro atoms. The standard InChI is InChI=1S/C21H22N2S/c1-23(2)21(20-9-5-6-14-22-20)12-10-16(11-13-21)18-15-24-19-8-4-3-7-17(18)19/h3-10,14-15H,11-13H2,1-2H3. The predicted octanol–water partition coefficient (Wildman–Crippen LogP) is 5.32. The molecule has 0 fully saturated rings. The van der Waals surface area contributed by atoms with Gasteiger partial charge in [0.15, 0.2) is 0 Å². The van der Waals surface area contributed by atoms with Crippen LogP contribution < -0.4 is 0 Å². The molecule has 1 aliphatic rings. The van der Waals surface area contributed by atoms with Gasteiger partial charge in [0.2, 0.25) is 0 Å². The monoisotopic (exact) mass is 334 g/mol. The first kappa shape index (κ1) is 15.6. The van der Waals surface area contributed by atoms with Crippen LogP contribution in [-0.4, -0.2) is 24.0 Å². The molecule has 2 nitrogen and oxygen atoms in total. The number of pyridine rings is 1. The normalized spacial score (nSPS) is 21.2. The van der Waals surface area contributed by atoms with Gasteiger partial charge in [-0.2, -0.15) is 0 Å². The zero-order valence-electron chi connectivity index (χ0n) is 14.2. The summed E-state index contributed by atoms with van der Waals surface area (Å²) in [5.41, 5.74) is 4.10. The van der Waals surface area contributed by atoms with E-state index < -0.39 is 0 Å². The molecule has 1 aromatic carbocycles. The fraction of sp³-hybridized carbons (Fsp3) is 0.286. The lowest BCUT2D eigenvalue weighted by molar-refractivity contribution is 0.133. The van der Waals surface area contributed by atoms with Crippen LogP contribution in [0, 0.1) is 0 Å². The molecule has 1 unspecified atom stereocenters. The van der Waals surface area contributed by atoms with Crippen molar-refractivity contribution in [2.24, 2.45) is 0 Å². The Labute approximate surface area is 147 Å². The molecule has 0 amide bonds. The number of fused-ring (bicyclic) bond motifs is 1. The van der Waals surface area contributed by atoms with Crippen molar-refractivity contribution in [2.45, 2.75) is 24.8 Å². The van der Waals surface area contributed by atoms with Gasteiger partial charge >= 0.3 is 0 Å². The number of rotatable bonds is 3. The Morgan fingerprint density at radius 1 is 1.08 bits per heavy atom. The number of allylic oxidation sites excluding steroid dienone is 1. The van der Waals surface area contributed by atoms with E-state index in [1.807, 2.05) is 23.6 Å². The maximum absolute atomic E-state index is 4.66. The lowest BCUT2D eigenvalue weighted by Gasteiger charge is -2.41. The summed E-state index contributed by atoms with van der Waals surface area (Å²) in [6.45, 7) is 0. The highest BCUT2D eigenvalue weighted by molar-refractivity contribution is 7.17. The summed E-state index contributed by atoms with van der Waals surface area (Å²) in [5.74, 6) is 0. The van der Waals surface area contributed by atoms with E-state index in [2.05, 4.69) is 71.8 Å². The van der Waals surface area contributed by atoms with Gasteiger partial charge in [-0.05, 0) is 73.5 Å². The number of benzene rings is 1. The molecule has 2 heterocycles. The van der Waals surface area contributed by atoms with Crippen molar-refractivity contribution in [1.29, 1.82) is 0 Å². The molecular weight excluding hydrogens is 312 g/mol. The topological polar surface area (TPSA) is 16.1 Å². The van der Waals surface area contributed by atoms with Crippen molar-refractivity contribution in [2.75, 3.05) is 14.1 Å². The van der Waals surface area contributed by atoms with Crippen LogP contribution in [0.25, 0.3) is 15.7 Å². The van der Waals surface area contributed by atoms with Gasteiger partial charge in [-0.15, -0.1) is 11.3 Å². The van der Waals surface area contributed by atoms with Crippen molar-refractivity contribution < 1.29 is 0 Å². The number of thiophene rings is 1. The van der Waals surface area contributed by atoms with Gasteiger partial charge in [-0.1, -0.05) is 30.3 Å². The fourth-order valence-electron chi connectivity index (χ4n) is 3.81. The van der Waals surface area contributed by atoms with Crippen molar-refractivity contribution >= 4 is 27.0 Å². The molecule has 2 aromatic heterocycles. The highest BCUT2D eigenvalue weighted by Crippen LogP contribution is 2.43. The maximum Gasteiger partial charge on any atom is 0.0666 e. The Morgan fingerprint density at radius 3 is 2.62 bits per heavy atom. The van der Waals surface area contributed by atoms with Crippen molar-refractivity contribution in [1.82, 2.24) is 9.88 Å². The van der Waals surface area contributed by atoms with E-state index in [1.54, 1.807) is 0 Å². The Morgan fingerprint density at radius 2 is 1.92 bits per heavy atom. The second-order valence-electron chi connectivity index (χ2n) is 6.72. The Hall–Kier alpha value is -1.97.